The predicted octanol–water partition coefficient (Wildman–Crippen LogP) is 4.52. The fraction of sp³-hybridized carbons (Fsp3) is 0.625. The lowest BCUT2D eigenvalue weighted by Crippen LogP contribution is -2.22. The Kier molecular flexibility index (Phi) is 5.08. The molecule has 0 saturated heterocycles. The van der Waals surface area contributed by atoms with Gasteiger partial charge in [0.05, 0.1) is 6.10 Å². The molecule has 2 rings (SSSR count). The first-order valence-electron chi connectivity index (χ1n) is 7.10. The maximum Gasteiger partial charge on any atom is 0.0609 e. The van der Waals surface area contributed by atoms with Crippen LogP contribution >= 0.6 is 11.6 Å². The Balaban J connectivity index is 1.98. The second kappa shape index (κ2) is 6.58. The Bertz CT molecular complexity index is 381. The van der Waals surface area contributed by atoms with E-state index in [1.165, 1.54) is 44.1 Å². The fourth-order valence-electron chi connectivity index (χ4n) is 2.91. The summed E-state index contributed by atoms with van der Waals surface area (Å²) in [4.78, 5) is 0. The van der Waals surface area contributed by atoms with Gasteiger partial charge in [-0.05, 0) is 42.9 Å². The number of rotatable bonds is 3. The van der Waals surface area contributed by atoms with Crippen LogP contribution in [-0.2, 0) is 6.42 Å². The third kappa shape index (κ3) is 3.73. The van der Waals surface area contributed by atoms with Gasteiger partial charge >= 0.3 is 0 Å². The normalized spacial score (nSPS) is 19.5. The van der Waals surface area contributed by atoms with Crippen molar-refractivity contribution in [1.82, 2.24) is 0 Å². The number of benzene rings is 1. The molecule has 0 aliphatic heterocycles. The molecule has 1 aliphatic rings. The second-order valence-electron chi connectivity index (χ2n) is 5.62. The van der Waals surface area contributed by atoms with E-state index < -0.39 is 0 Å². The van der Waals surface area contributed by atoms with Gasteiger partial charge in [-0.15, -0.1) is 0 Å². The summed E-state index contributed by atoms with van der Waals surface area (Å²) < 4.78 is 0. The predicted molar refractivity (Wildman–Crippen MR) is 77.1 cm³/mol. The van der Waals surface area contributed by atoms with Gasteiger partial charge in [0.25, 0.3) is 0 Å². The van der Waals surface area contributed by atoms with Gasteiger partial charge in [0.2, 0.25) is 0 Å². The van der Waals surface area contributed by atoms with E-state index >= 15 is 0 Å². The highest BCUT2D eigenvalue weighted by Crippen LogP contribution is 2.28. The largest absolute Gasteiger partial charge is 0.392 e. The average Bonchev–Trinajstić information content (AvgIpc) is 2.61. The van der Waals surface area contributed by atoms with Gasteiger partial charge in [-0.3, -0.25) is 0 Å². The molecule has 0 spiro atoms. The molecule has 1 aliphatic carbocycles. The molecule has 1 nitrogen and oxygen atoms in total. The molecule has 1 aromatic carbocycles. The minimum atomic E-state index is -0.233. The van der Waals surface area contributed by atoms with Crippen LogP contribution in [0, 0.1) is 12.8 Å². The van der Waals surface area contributed by atoms with Crippen molar-refractivity contribution in [1.29, 1.82) is 0 Å². The third-order valence-electron chi connectivity index (χ3n) is 4.08. The lowest BCUT2D eigenvalue weighted by Gasteiger charge is -2.21. The second-order valence-corrected chi connectivity index (χ2v) is 6.03. The van der Waals surface area contributed by atoms with Crippen molar-refractivity contribution in [3.8, 4) is 0 Å². The molecule has 0 radical (unpaired) electrons. The molecule has 0 amide bonds. The van der Waals surface area contributed by atoms with Gasteiger partial charge < -0.3 is 5.11 Å². The van der Waals surface area contributed by atoms with E-state index in [0.29, 0.717) is 12.3 Å². The monoisotopic (exact) mass is 266 g/mol. The first kappa shape index (κ1) is 13.9. The van der Waals surface area contributed by atoms with E-state index in [4.69, 9.17) is 11.6 Å². The van der Waals surface area contributed by atoms with Gasteiger partial charge in [-0.2, -0.15) is 0 Å². The summed E-state index contributed by atoms with van der Waals surface area (Å²) in [6, 6.07) is 6.11. The summed E-state index contributed by atoms with van der Waals surface area (Å²) in [5, 5.41) is 11.2. The molecule has 1 atom stereocenters. The summed E-state index contributed by atoms with van der Waals surface area (Å²) in [6.07, 6.45) is 8.00. The summed E-state index contributed by atoms with van der Waals surface area (Å²) in [5.74, 6) is 0.463. The zero-order chi connectivity index (χ0) is 13.0. The van der Waals surface area contributed by atoms with E-state index in [1.54, 1.807) is 0 Å². The highest BCUT2D eigenvalue weighted by atomic mass is 35.5. The molecule has 1 saturated carbocycles. The fourth-order valence-corrected chi connectivity index (χ4v) is 3.22. The Morgan fingerprint density at radius 2 is 1.89 bits per heavy atom. The van der Waals surface area contributed by atoms with Crippen molar-refractivity contribution in [2.75, 3.05) is 0 Å². The molecule has 18 heavy (non-hydrogen) atoms. The summed E-state index contributed by atoms with van der Waals surface area (Å²) in [7, 11) is 0. The van der Waals surface area contributed by atoms with Crippen LogP contribution in [0.3, 0.4) is 0 Å². The molecule has 1 aromatic rings. The van der Waals surface area contributed by atoms with Crippen molar-refractivity contribution in [2.45, 2.75) is 58.0 Å². The van der Waals surface area contributed by atoms with Crippen molar-refractivity contribution in [2.24, 2.45) is 5.92 Å². The van der Waals surface area contributed by atoms with Gasteiger partial charge in [0, 0.05) is 11.4 Å². The van der Waals surface area contributed by atoms with E-state index in [0.717, 1.165) is 10.6 Å². The van der Waals surface area contributed by atoms with Gasteiger partial charge in [-0.1, -0.05) is 49.4 Å². The standard InChI is InChI=1S/C16H23ClO/c1-12-8-9-14(15(17)10-12)11-16(18)13-6-4-2-3-5-7-13/h8-10,13,16,18H,2-7,11H2,1H3. The smallest absolute Gasteiger partial charge is 0.0609 e. The molecular formula is C16H23ClO. The Labute approximate surface area is 115 Å². The molecule has 0 aromatic heterocycles. The number of hydrogen-bond acceptors (Lipinski definition) is 1. The van der Waals surface area contributed by atoms with E-state index in [9.17, 15) is 5.11 Å². The maximum atomic E-state index is 10.4. The zero-order valence-corrected chi connectivity index (χ0v) is 11.9. The number of aryl methyl sites for hydroxylation is 1. The third-order valence-corrected chi connectivity index (χ3v) is 4.43. The zero-order valence-electron chi connectivity index (χ0n) is 11.2. The summed E-state index contributed by atoms with van der Waals surface area (Å²) in [5.41, 5.74) is 2.26. The minimum absolute atomic E-state index is 0.233. The molecule has 1 N–H and O–H groups in total. The number of aliphatic hydroxyl groups is 1. The summed E-state index contributed by atoms with van der Waals surface area (Å²) >= 11 is 6.23. The molecule has 0 heterocycles. The molecule has 100 valence electrons. The van der Waals surface area contributed by atoms with Crippen molar-refractivity contribution >= 4 is 11.6 Å². The minimum Gasteiger partial charge on any atom is -0.392 e. The Hall–Kier alpha value is -0.530. The van der Waals surface area contributed by atoms with Crippen LogP contribution in [0.4, 0.5) is 0 Å². The van der Waals surface area contributed by atoms with E-state index in [2.05, 4.69) is 12.1 Å². The van der Waals surface area contributed by atoms with Crippen LogP contribution in [0.2, 0.25) is 5.02 Å². The Morgan fingerprint density at radius 3 is 2.50 bits per heavy atom. The first-order valence-corrected chi connectivity index (χ1v) is 7.47. The van der Waals surface area contributed by atoms with Gasteiger partial charge in [0.15, 0.2) is 0 Å². The lowest BCUT2D eigenvalue weighted by molar-refractivity contribution is 0.0986. The van der Waals surface area contributed by atoms with Crippen LogP contribution in [0.25, 0.3) is 0 Å². The highest BCUT2D eigenvalue weighted by molar-refractivity contribution is 6.31. The molecule has 2 heteroatoms. The van der Waals surface area contributed by atoms with Crippen LogP contribution in [0.5, 0.6) is 0 Å². The van der Waals surface area contributed by atoms with Crippen molar-refractivity contribution < 1.29 is 5.11 Å². The van der Waals surface area contributed by atoms with E-state index in [-0.39, 0.29) is 6.10 Å². The molecule has 1 unspecified atom stereocenters. The van der Waals surface area contributed by atoms with E-state index in [1.807, 2.05) is 13.0 Å². The summed E-state index contributed by atoms with van der Waals surface area (Å²) in [6.45, 7) is 2.04. The molecule has 1 fully saturated rings. The number of halogens is 1. The topological polar surface area (TPSA) is 20.2 Å². The number of hydrogen-bond donors (Lipinski definition) is 1. The highest BCUT2D eigenvalue weighted by Gasteiger charge is 2.21. The quantitative estimate of drug-likeness (QED) is 0.798. The Morgan fingerprint density at radius 1 is 1.22 bits per heavy atom. The van der Waals surface area contributed by atoms with Gasteiger partial charge in [-0.25, -0.2) is 0 Å². The molecule has 0 bridgehead atoms. The number of aliphatic hydroxyl groups excluding tert-OH is 1. The van der Waals surface area contributed by atoms with Gasteiger partial charge in [0.1, 0.15) is 0 Å². The lowest BCUT2D eigenvalue weighted by atomic mass is 9.90. The maximum absolute atomic E-state index is 10.4. The van der Waals surface area contributed by atoms with Crippen LogP contribution < -0.4 is 0 Å². The molecular weight excluding hydrogens is 244 g/mol. The van der Waals surface area contributed by atoms with Crippen molar-refractivity contribution in [3.63, 3.8) is 0 Å². The SMILES string of the molecule is Cc1ccc(CC(O)C2CCCCCC2)c(Cl)c1. The van der Waals surface area contributed by atoms with Crippen LogP contribution in [-0.4, -0.2) is 11.2 Å². The van der Waals surface area contributed by atoms with Crippen LogP contribution in [0.15, 0.2) is 18.2 Å². The van der Waals surface area contributed by atoms with Crippen molar-refractivity contribution in [3.05, 3.63) is 34.3 Å². The first-order chi connectivity index (χ1) is 8.66. The average molecular weight is 267 g/mol. The van der Waals surface area contributed by atoms with Crippen LogP contribution in [0.1, 0.15) is 49.7 Å².